The van der Waals surface area contributed by atoms with Crippen LogP contribution in [0.2, 0.25) is 5.04 Å². The minimum absolute atomic E-state index is 0.103. The van der Waals surface area contributed by atoms with Gasteiger partial charge in [0.1, 0.15) is 5.82 Å². The summed E-state index contributed by atoms with van der Waals surface area (Å²) in [6, 6.07) is 21.8. The second-order valence-electron chi connectivity index (χ2n) is 10.2. The van der Waals surface area contributed by atoms with E-state index in [1.54, 1.807) is 6.92 Å². The molecule has 4 rings (SSSR count). The van der Waals surface area contributed by atoms with Crippen molar-refractivity contribution in [2.75, 3.05) is 5.32 Å². The van der Waals surface area contributed by atoms with Crippen LogP contribution in [0.3, 0.4) is 0 Å². The Morgan fingerprint density at radius 3 is 2.06 bits per heavy atom. The molecule has 1 unspecified atom stereocenters. The first kappa shape index (κ1) is 25.0. The van der Waals surface area contributed by atoms with E-state index in [0.29, 0.717) is 23.1 Å². The Kier molecular flexibility index (Phi) is 6.80. The number of hydrogen-bond donors (Lipinski definition) is 1. The van der Waals surface area contributed by atoms with Gasteiger partial charge in [-0.3, -0.25) is 9.59 Å². The van der Waals surface area contributed by atoms with Gasteiger partial charge in [0.05, 0.1) is 11.8 Å². The average molecular weight is 490 g/mol. The first-order chi connectivity index (χ1) is 16.6. The number of Topliss-reactive ketones (excluding diaryl/α,β-unsaturated/α-hetero) is 1. The molecule has 0 fully saturated rings. The Balaban J connectivity index is 1.97. The Morgan fingerprint density at radius 1 is 1.03 bits per heavy atom. The standard InChI is InChI=1S/C29H32FNO3Si/c1-19-23(30)18-24(31-20(2)32)28-25(33)16-17-26(27(19)28)34-35(29(3,4)5,21-12-8-6-9-13-21)22-14-10-7-11-15-22/h6-15,18,26H,16-17H2,1-5H3,(H,31,32). The maximum Gasteiger partial charge on any atom is 0.261 e. The molecule has 0 spiro atoms. The van der Waals surface area contributed by atoms with E-state index in [1.807, 2.05) is 36.4 Å². The number of fused-ring (bicyclic) bond motifs is 1. The molecule has 4 nitrogen and oxygen atoms in total. The van der Waals surface area contributed by atoms with Crippen molar-refractivity contribution in [1.29, 1.82) is 0 Å². The normalized spacial score (nSPS) is 16.1. The topological polar surface area (TPSA) is 55.4 Å². The highest BCUT2D eigenvalue weighted by Gasteiger charge is 2.52. The molecule has 3 aromatic rings. The van der Waals surface area contributed by atoms with Crippen molar-refractivity contribution < 1.29 is 18.4 Å². The van der Waals surface area contributed by atoms with E-state index in [4.69, 9.17) is 4.43 Å². The van der Waals surface area contributed by atoms with Crippen LogP contribution in [0, 0.1) is 12.7 Å². The van der Waals surface area contributed by atoms with Crippen molar-refractivity contribution in [1.82, 2.24) is 0 Å². The molecule has 0 radical (unpaired) electrons. The Morgan fingerprint density at radius 2 is 1.57 bits per heavy atom. The molecule has 1 atom stereocenters. The predicted octanol–water partition coefficient (Wildman–Crippen LogP) is 5.69. The summed E-state index contributed by atoms with van der Waals surface area (Å²) in [5.41, 5.74) is 1.53. The lowest BCUT2D eigenvalue weighted by atomic mass is 9.84. The smallest absolute Gasteiger partial charge is 0.261 e. The molecule has 3 aromatic carbocycles. The number of amides is 1. The highest BCUT2D eigenvalue weighted by atomic mass is 28.4. The van der Waals surface area contributed by atoms with Gasteiger partial charge in [-0.25, -0.2) is 4.39 Å². The number of benzene rings is 3. The fourth-order valence-corrected chi connectivity index (χ4v) is 9.99. The maximum absolute atomic E-state index is 15.1. The number of halogens is 1. The minimum atomic E-state index is -2.94. The molecule has 0 saturated carbocycles. The zero-order valence-corrected chi connectivity index (χ0v) is 21.9. The molecule has 0 aliphatic heterocycles. The van der Waals surface area contributed by atoms with Gasteiger partial charge in [-0.2, -0.15) is 0 Å². The third-order valence-corrected chi connectivity index (χ3v) is 11.9. The highest BCUT2D eigenvalue weighted by molar-refractivity contribution is 6.99. The Hall–Kier alpha value is -3.09. The molecule has 0 bridgehead atoms. The summed E-state index contributed by atoms with van der Waals surface area (Å²) >= 11 is 0. The highest BCUT2D eigenvalue weighted by Crippen LogP contribution is 2.45. The fourth-order valence-electron chi connectivity index (χ4n) is 5.31. The summed E-state index contributed by atoms with van der Waals surface area (Å²) in [6.07, 6.45) is 0.241. The molecule has 1 amide bonds. The molecule has 35 heavy (non-hydrogen) atoms. The molecular formula is C29H32FNO3Si. The first-order valence-corrected chi connectivity index (χ1v) is 13.9. The van der Waals surface area contributed by atoms with Gasteiger partial charge >= 0.3 is 0 Å². The lowest BCUT2D eigenvalue weighted by molar-refractivity contribution is -0.114. The van der Waals surface area contributed by atoms with Crippen molar-refractivity contribution in [2.45, 2.75) is 58.6 Å². The number of carbonyl (C=O) groups is 2. The fraction of sp³-hybridized carbons (Fsp3) is 0.310. The van der Waals surface area contributed by atoms with Gasteiger partial charge in [0.15, 0.2) is 5.78 Å². The van der Waals surface area contributed by atoms with Crippen molar-refractivity contribution in [3.63, 3.8) is 0 Å². The summed E-state index contributed by atoms with van der Waals surface area (Å²) < 4.78 is 22.4. The van der Waals surface area contributed by atoms with Crippen molar-refractivity contribution in [3.8, 4) is 0 Å². The van der Waals surface area contributed by atoms with Crippen LogP contribution in [-0.4, -0.2) is 20.0 Å². The lowest BCUT2D eigenvalue weighted by Crippen LogP contribution is -2.67. The number of ketones is 1. The van der Waals surface area contributed by atoms with Crippen molar-refractivity contribution >= 4 is 36.1 Å². The molecule has 1 aliphatic carbocycles. The van der Waals surface area contributed by atoms with Gasteiger partial charge < -0.3 is 9.74 Å². The van der Waals surface area contributed by atoms with E-state index >= 15 is 4.39 Å². The van der Waals surface area contributed by atoms with Crippen LogP contribution >= 0.6 is 0 Å². The van der Waals surface area contributed by atoms with Crippen LogP contribution in [-0.2, 0) is 9.22 Å². The maximum atomic E-state index is 15.1. The van der Waals surface area contributed by atoms with E-state index in [9.17, 15) is 9.59 Å². The second kappa shape index (κ2) is 9.51. The summed E-state index contributed by atoms with van der Waals surface area (Å²) in [6.45, 7) is 9.61. The zero-order chi connectivity index (χ0) is 25.4. The average Bonchev–Trinajstić information content (AvgIpc) is 2.81. The SMILES string of the molecule is CC(=O)Nc1cc(F)c(C)c2c1C(=O)CCC2O[Si](c1ccccc1)(c1ccccc1)C(C)(C)C. The lowest BCUT2D eigenvalue weighted by Gasteiger charge is -2.46. The van der Waals surface area contributed by atoms with Gasteiger partial charge in [0.25, 0.3) is 8.32 Å². The summed E-state index contributed by atoms with van der Waals surface area (Å²) in [4.78, 5) is 24.9. The largest absolute Gasteiger partial charge is 0.400 e. The zero-order valence-electron chi connectivity index (χ0n) is 20.9. The molecule has 1 N–H and O–H groups in total. The second-order valence-corrected chi connectivity index (χ2v) is 14.5. The molecule has 0 heterocycles. The van der Waals surface area contributed by atoms with Crippen LogP contribution in [0.1, 0.15) is 68.1 Å². The van der Waals surface area contributed by atoms with Gasteiger partial charge in [-0.1, -0.05) is 81.4 Å². The van der Waals surface area contributed by atoms with E-state index in [0.717, 1.165) is 10.4 Å². The van der Waals surface area contributed by atoms with Gasteiger partial charge in [0.2, 0.25) is 5.91 Å². The monoisotopic (exact) mass is 489 g/mol. The van der Waals surface area contributed by atoms with Gasteiger partial charge in [0, 0.05) is 18.9 Å². The van der Waals surface area contributed by atoms with E-state index in [2.05, 4.69) is 50.4 Å². The molecule has 0 saturated heterocycles. The van der Waals surface area contributed by atoms with E-state index in [-0.39, 0.29) is 28.8 Å². The number of anilines is 1. The molecule has 0 aromatic heterocycles. The van der Waals surface area contributed by atoms with Crippen molar-refractivity contribution in [3.05, 3.63) is 89.2 Å². The summed E-state index contributed by atoms with van der Waals surface area (Å²) in [5, 5.41) is 4.64. The van der Waals surface area contributed by atoms with E-state index in [1.165, 1.54) is 13.0 Å². The number of nitrogens with one attached hydrogen (secondary N) is 1. The van der Waals surface area contributed by atoms with Gasteiger partial charge in [-0.05, 0) is 45.9 Å². The molecule has 6 heteroatoms. The quantitative estimate of drug-likeness (QED) is 0.469. The first-order valence-electron chi connectivity index (χ1n) is 12.0. The minimum Gasteiger partial charge on any atom is -0.400 e. The van der Waals surface area contributed by atoms with Crippen LogP contribution in [0.5, 0.6) is 0 Å². The van der Waals surface area contributed by atoms with Crippen molar-refractivity contribution in [2.24, 2.45) is 0 Å². The van der Waals surface area contributed by atoms with Crippen LogP contribution in [0.15, 0.2) is 66.7 Å². The summed E-state index contributed by atoms with van der Waals surface area (Å²) in [5.74, 6) is -0.911. The van der Waals surface area contributed by atoms with E-state index < -0.39 is 20.2 Å². The van der Waals surface area contributed by atoms with Gasteiger partial charge in [-0.15, -0.1) is 0 Å². The number of carbonyl (C=O) groups excluding carboxylic acids is 2. The third-order valence-electron chi connectivity index (χ3n) is 6.85. The molecule has 182 valence electrons. The predicted molar refractivity (Wildman–Crippen MR) is 140 cm³/mol. The van der Waals surface area contributed by atoms with Crippen LogP contribution in [0.4, 0.5) is 10.1 Å². The summed E-state index contributed by atoms with van der Waals surface area (Å²) in [7, 11) is -2.94. The molecule has 1 aliphatic rings. The Labute approximate surface area is 207 Å². The Bertz CT molecular complexity index is 1210. The number of rotatable bonds is 5. The number of hydrogen-bond acceptors (Lipinski definition) is 3. The van der Waals surface area contributed by atoms with Crippen LogP contribution < -0.4 is 15.7 Å². The molecular weight excluding hydrogens is 457 g/mol. The third kappa shape index (κ3) is 4.48. The van der Waals surface area contributed by atoms with Crippen LogP contribution in [0.25, 0.3) is 0 Å².